The molecule has 1 fully saturated rings. The van der Waals surface area contributed by atoms with Crippen molar-refractivity contribution in [3.8, 4) is 0 Å². The molecule has 0 spiro atoms. The van der Waals surface area contributed by atoms with Gasteiger partial charge in [0.05, 0.1) is 0 Å². The van der Waals surface area contributed by atoms with Gasteiger partial charge in [-0.25, -0.2) is 9.97 Å². The van der Waals surface area contributed by atoms with E-state index in [1.165, 1.54) is 32.1 Å². The summed E-state index contributed by atoms with van der Waals surface area (Å²) in [6, 6.07) is 2.58. The first-order valence-electron chi connectivity index (χ1n) is 7.95. The molecule has 1 aromatic rings. The Morgan fingerprint density at radius 3 is 2.65 bits per heavy atom. The highest BCUT2D eigenvalue weighted by molar-refractivity contribution is 5.48. The fourth-order valence-corrected chi connectivity index (χ4v) is 2.93. The predicted molar refractivity (Wildman–Crippen MR) is 85.3 cm³/mol. The highest BCUT2D eigenvalue weighted by atomic mass is 15.1. The lowest BCUT2D eigenvalue weighted by Crippen LogP contribution is -2.27. The summed E-state index contributed by atoms with van der Waals surface area (Å²) >= 11 is 0. The number of nitrogens with zero attached hydrogens (tertiary/aromatic N) is 2. The number of nitrogens with one attached hydrogen (secondary N) is 2. The molecule has 1 saturated carbocycles. The molecule has 2 N–H and O–H groups in total. The summed E-state index contributed by atoms with van der Waals surface area (Å²) in [6.07, 6.45) is 6.54. The lowest BCUT2D eigenvalue weighted by atomic mass is 9.84. The van der Waals surface area contributed by atoms with Gasteiger partial charge in [-0.1, -0.05) is 40.0 Å². The molecule has 1 heterocycles. The van der Waals surface area contributed by atoms with Crippen molar-refractivity contribution in [1.82, 2.24) is 9.97 Å². The van der Waals surface area contributed by atoms with Crippen molar-refractivity contribution in [3.05, 3.63) is 11.9 Å². The zero-order valence-corrected chi connectivity index (χ0v) is 13.2. The number of hydrogen-bond donors (Lipinski definition) is 2. The van der Waals surface area contributed by atoms with Crippen LogP contribution in [-0.4, -0.2) is 23.1 Å². The molecular weight excluding hydrogens is 248 g/mol. The van der Waals surface area contributed by atoms with E-state index in [1.54, 1.807) is 0 Å². The molecule has 2 unspecified atom stereocenters. The number of hydrogen-bond acceptors (Lipinski definition) is 4. The molecule has 20 heavy (non-hydrogen) atoms. The van der Waals surface area contributed by atoms with Gasteiger partial charge in [0, 0.05) is 25.1 Å². The van der Waals surface area contributed by atoms with E-state index < -0.39 is 0 Å². The quantitative estimate of drug-likeness (QED) is 0.852. The van der Waals surface area contributed by atoms with E-state index in [0.29, 0.717) is 12.0 Å². The fourth-order valence-electron chi connectivity index (χ4n) is 2.93. The summed E-state index contributed by atoms with van der Waals surface area (Å²) in [5.41, 5.74) is 0. The molecule has 1 aromatic heterocycles. The van der Waals surface area contributed by atoms with Crippen molar-refractivity contribution in [2.24, 2.45) is 5.92 Å². The Hall–Kier alpha value is -1.32. The second kappa shape index (κ2) is 6.91. The minimum Gasteiger partial charge on any atom is -0.373 e. The van der Waals surface area contributed by atoms with Gasteiger partial charge in [-0.05, 0) is 18.8 Å². The standard InChI is InChI=1S/C16H28N4/c1-5-12-7-6-8-13(9-12)18-15-10-14(17-4)19-16(20-15)11(2)3/h10-13H,5-9H2,1-4H3,(H2,17,18,19,20). The lowest BCUT2D eigenvalue weighted by Gasteiger charge is -2.29. The second-order valence-corrected chi connectivity index (χ2v) is 6.18. The third kappa shape index (κ3) is 3.84. The second-order valence-electron chi connectivity index (χ2n) is 6.18. The van der Waals surface area contributed by atoms with Gasteiger partial charge in [0.25, 0.3) is 0 Å². The van der Waals surface area contributed by atoms with Crippen LogP contribution in [0.2, 0.25) is 0 Å². The minimum absolute atomic E-state index is 0.346. The van der Waals surface area contributed by atoms with Gasteiger partial charge >= 0.3 is 0 Å². The first-order valence-corrected chi connectivity index (χ1v) is 7.95. The van der Waals surface area contributed by atoms with Crippen LogP contribution < -0.4 is 10.6 Å². The maximum absolute atomic E-state index is 4.66. The maximum atomic E-state index is 4.66. The van der Waals surface area contributed by atoms with E-state index in [4.69, 9.17) is 0 Å². The minimum atomic E-state index is 0.346. The van der Waals surface area contributed by atoms with Crippen LogP contribution in [0.5, 0.6) is 0 Å². The molecule has 0 saturated heterocycles. The molecule has 0 aliphatic heterocycles. The van der Waals surface area contributed by atoms with Crippen LogP contribution in [0.15, 0.2) is 6.07 Å². The van der Waals surface area contributed by atoms with Crippen LogP contribution in [0.1, 0.15) is 64.6 Å². The Morgan fingerprint density at radius 1 is 1.25 bits per heavy atom. The fraction of sp³-hybridized carbons (Fsp3) is 0.750. The summed E-state index contributed by atoms with van der Waals surface area (Å²) in [7, 11) is 1.91. The molecule has 2 rings (SSSR count). The molecule has 2 atom stereocenters. The number of rotatable bonds is 5. The van der Waals surface area contributed by atoms with Crippen LogP contribution in [0.25, 0.3) is 0 Å². The van der Waals surface area contributed by atoms with E-state index >= 15 is 0 Å². The summed E-state index contributed by atoms with van der Waals surface area (Å²) < 4.78 is 0. The Morgan fingerprint density at radius 2 is 2.00 bits per heavy atom. The van der Waals surface area contributed by atoms with Crippen molar-refractivity contribution < 1.29 is 0 Å². The van der Waals surface area contributed by atoms with Gasteiger partial charge in [0.1, 0.15) is 17.5 Å². The van der Waals surface area contributed by atoms with E-state index in [0.717, 1.165) is 23.4 Å². The molecule has 0 bridgehead atoms. The van der Waals surface area contributed by atoms with Gasteiger partial charge in [0.2, 0.25) is 0 Å². The van der Waals surface area contributed by atoms with Gasteiger partial charge < -0.3 is 10.6 Å². The Balaban J connectivity index is 2.09. The topological polar surface area (TPSA) is 49.8 Å². The Labute approximate surface area is 122 Å². The van der Waals surface area contributed by atoms with Crippen molar-refractivity contribution in [3.63, 3.8) is 0 Å². The van der Waals surface area contributed by atoms with Crippen molar-refractivity contribution in [2.45, 2.75) is 64.8 Å². The summed E-state index contributed by atoms with van der Waals surface area (Å²) in [6.45, 7) is 6.56. The van der Waals surface area contributed by atoms with Crippen molar-refractivity contribution in [2.75, 3.05) is 17.7 Å². The third-order valence-electron chi connectivity index (χ3n) is 4.23. The first-order chi connectivity index (χ1) is 9.62. The molecule has 4 heteroatoms. The molecular formula is C16H28N4. The van der Waals surface area contributed by atoms with Crippen LogP contribution in [0.4, 0.5) is 11.6 Å². The molecule has 112 valence electrons. The molecule has 4 nitrogen and oxygen atoms in total. The lowest BCUT2D eigenvalue weighted by molar-refractivity contribution is 0.327. The zero-order chi connectivity index (χ0) is 14.5. The van der Waals surface area contributed by atoms with E-state index in [9.17, 15) is 0 Å². The van der Waals surface area contributed by atoms with Gasteiger partial charge in [-0.3, -0.25) is 0 Å². The molecule has 0 radical (unpaired) electrons. The van der Waals surface area contributed by atoms with E-state index in [-0.39, 0.29) is 0 Å². The molecule has 0 amide bonds. The van der Waals surface area contributed by atoms with Crippen LogP contribution >= 0.6 is 0 Å². The summed E-state index contributed by atoms with van der Waals surface area (Å²) in [5, 5.41) is 6.75. The predicted octanol–water partition coefficient (Wildman–Crippen LogP) is 4.02. The van der Waals surface area contributed by atoms with Crippen molar-refractivity contribution in [1.29, 1.82) is 0 Å². The summed E-state index contributed by atoms with van der Waals surface area (Å²) in [5.74, 6) is 3.99. The van der Waals surface area contributed by atoms with Gasteiger partial charge in [-0.2, -0.15) is 0 Å². The van der Waals surface area contributed by atoms with Gasteiger partial charge in [-0.15, -0.1) is 0 Å². The smallest absolute Gasteiger partial charge is 0.135 e. The highest BCUT2D eigenvalue weighted by Gasteiger charge is 2.21. The van der Waals surface area contributed by atoms with Crippen LogP contribution in [0, 0.1) is 5.92 Å². The zero-order valence-electron chi connectivity index (χ0n) is 13.2. The van der Waals surface area contributed by atoms with Crippen LogP contribution in [0.3, 0.4) is 0 Å². The van der Waals surface area contributed by atoms with E-state index in [2.05, 4.69) is 41.4 Å². The first kappa shape index (κ1) is 15.1. The molecule has 1 aliphatic carbocycles. The maximum Gasteiger partial charge on any atom is 0.135 e. The highest BCUT2D eigenvalue weighted by Crippen LogP contribution is 2.29. The van der Waals surface area contributed by atoms with Crippen molar-refractivity contribution >= 4 is 11.6 Å². The van der Waals surface area contributed by atoms with E-state index in [1.807, 2.05) is 13.1 Å². The SMILES string of the molecule is CCC1CCCC(Nc2cc(NC)nc(C(C)C)n2)C1. The third-order valence-corrected chi connectivity index (χ3v) is 4.23. The number of anilines is 2. The summed E-state index contributed by atoms with van der Waals surface area (Å²) in [4.78, 5) is 9.18. The average molecular weight is 276 g/mol. The Bertz CT molecular complexity index is 430. The average Bonchev–Trinajstić information content (AvgIpc) is 2.47. The molecule has 1 aliphatic rings. The van der Waals surface area contributed by atoms with Crippen LogP contribution in [-0.2, 0) is 0 Å². The van der Waals surface area contributed by atoms with Gasteiger partial charge in [0.15, 0.2) is 0 Å². The monoisotopic (exact) mass is 276 g/mol. The Kier molecular flexibility index (Phi) is 5.21. The largest absolute Gasteiger partial charge is 0.373 e. The number of aromatic nitrogens is 2. The normalized spacial score (nSPS) is 22.9. The molecule has 0 aromatic carbocycles.